The van der Waals surface area contributed by atoms with E-state index in [4.69, 9.17) is 32.8 Å². The topological polar surface area (TPSA) is 78.9 Å². The van der Waals surface area contributed by atoms with E-state index in [2.05, 4.69) is 24.9 Å². The number of benzene rings is 2. The van der Waals surface area contributed by atoms with Crippen LogP contribution in [-0.4, -0.2) is 62.7 Å². The zero-order valence-electron chi connectivity index (χ0n) is 19.8. The molecule has 0 spiro atoms. The minimum absolute atomic E-state index is 0.00438. The number of hydrogen-bond acceptors (Lipinski definition) is 8. The first-order valence-electron chi connectivity index (χ1n) is 11.3. The minimum Gasteiger partial charge on any atom is -0.491 e. The highest BCUT2D eigenvalue weighted by Crippen LogP contribution is 2.27. The Morgan fingerprint density at radius 1 is 1.00 bits per heavy atom. The molecular weight excluding hydrogens is 499 g/mol. The molecule has 0 aliphatic carbocycles. The molecule has 2 aromatic carbocycles. The van der Waals surface area contributed by atoms with Crippen molar-refractivity contribution in [1.29, 1.82) is 0 Å². The largest absolute Gasteiger partial charge is 0.491 e. The number of carbonyl (C=O) groups excluding carboxylic acids is 1. The Balaban J connectivity index is 1.61. The second-order valence-corrected chi connectivity index (χ2v) is 8.88. The summed E-state index contributed by atoms with van der Waals surface area (Å²) in [5.74, 6) is 0.667. The lowest BCUT2D eigenvalue weighted by atomic mass is 10.0. The molecule has 1 aliphatic rings. The van der Waals surface area contributed by atoms with Crippen LogP contribution in [0.2, 0.25) is 10.0 Å². The lowest BCUT2D eigenvalue weighted by molar-refractivity contribution is -0.705. The zero-order valence-corrected chi connectivity index (χ0v) is 21.3. The predicted molar refractivity (Wildman–Crippen MR) is 130 cm³/mol. The Labute approximate surface area is 215 Å². The van der Waals surface area contributed by atoms with Gasteiger partial charge in [0.25, 0.3) is 0 Å². The zero-order chi connectivity index (χ0) is 25.0. The Bertz CT molecular complexity index is 927. The van der Waals surface area contributed by atoms with Crippen LogP contribution in [0.3, 0.4) is 0 Å². The molecule has 1 atom stereocenters. The third-order valence-electron chi connectivity index (χ3n) is 5.70. The van der Waals surface area contributed by atoms with Gasteiger partial charge in [-0.05, 0) is 76.4 Å². The van der Waals surface area contributed by atoms with Crippen molar-refractivity contribution in [3.63, 3.8) is 0 Å². The predicted octanol–water partition coefficient (Wildman–Crippen LogP) is 4.58. The lowest BCUT2D eigenvalue weighted by Crippen LogP contribution is -2.39. The van der Waals surface area contributed by atoms with Crippen LogP contribution in [0.4, 0.5) is 0 Å². The Morgan fingerprint density at radius 3 is 2.43 bits per heavy atom. The second kappa shape index (κ2) is 14.6. The summed E-state index contributed by atoms with van der Waals surface area (Å²) in [7, 11) is 3.10. The number of ether oxygens (including phenoxy) is 1. The summed E-state index contributed by atoms with van der Waals surface area (Å²) >= 11 is 12.1. The Morgan fingerprint density at radius 2 is 1.74 bits per heavy atom. The first-order valence-corrected chi connectivity index (χ1v) is 12.0. The van der Waals surface area contributed by atoms with Crippen molar-refractivity contribution >= 4 is 29.1 Å². The van der Waals surface area contributed by atoms with E-state index in [1.54, 1.807) is 12.1 Å². The molecule has 1 amide bonds. The number of carbonyl (C=O) groups is 1. The fourth-order valence-corrected chi connectivity index (χ4v) is 4.18. The van der Waals surface area contributed by atoms with E-state index in [1.165, 1.54) is 20.0 Å². The fraction of sp³-hybridized carbons (Fsp3) is 0.458. The summed E-state index contributed by atoms with van der Waals surface area (Å²) in [6.45, 7) is 3.17. The molecule has 0 N–H and O–H groups in total. The van der Waals surface area contributed by atoms with Gasteiger partial charge < -0.3 is 14.5 Å². The van der Waals surface area contributed by atoms with Crippen LogP contribution in [-0.2, 0) is 36.1 Å². The van der Waals surface area contributed by atoms with E-state index in [-0.39, 0.29) is 31.6 Å². The van der Waals surface area contributed by atoms with Crippen LogP contribution in [0.1, 0.15) is 30.0 Å². The smallest absolute Gasteiger partial charge is 0.227 e. The molecule has 11 heteroatoms. The maximum Gasteiger partial charge on any atom is 0.227 e. The average molecular weight is 529 g/mol. The number of rotatable bonds is 14. The van der Waals surface area contributed by atoms with Crippen molar-refractivity contribution in [2.45, 2.75) is 25.3 Å². The van der Waals surface area contributed by atoms with E-state index < -0.39 is 0 Å². The molecular formula is C24H30Cl2N2O7. The first kappa shape index (κ1) is 27.6. The number of halogens is 2. The van der Waals surface area contributed by atoms with E-state index in [1.807, 2.05) is 42.3 Å². The lowest BCUT2D eigenvalue weighted by Gasteiger charge is -2.32. The van der Waals surface area contributed by atoms with Crippen molar-refractivity contribution < 1.29 is 34.4 Å². The highest BCUT2D eigenvalue weighted by atomic mass is 35.5. The van der Waals surface area contributed by atoms with Gasteiger partial charge in [0.05, 0.1) is 29.6 Å². The molecule has 2 aromatic rings. The molecule has 1 fully saturated rings. The SMILES string of the molecule is COOOOOCCOc1ccc(C(CN2CCCC2)N(C)C(=O)Cc2ccc(Cl)c(Cl)c2)cc1. The number of likely N-dealkylation sites (tertiary alicyclic amines) is 1. The van der Waals surface area contributed by atoms with E-state index in [0.717, 1.165) is 30.8 Å². The van der Waals surface area contributed by atoms with E-state index >= 15 is 0 Å². The van der Waals surface area contributed by atoms with Crippen LogP contribution in [0.25, 0.3) is 0 Å². The Kier molecular flexibility index (Phi) is 11.5. The van der Waals surface area contributed by atoms with Crippen molar-refractivity contribution in [2.24, 2.45) is 0 Å². The summed E-state index contributed by atoms with van der Waals surface area (Å²) in [5.41, 5.74) is 1.85. The third-order valence-corrected chi connectivity index (χ3v) is 6.44. The van der Waals surface area contributed by atoms with Crippen LogP contribution in [0.15, 0.2) is 42.5 Å². The Hall–Kier alpha value is -1.95. The van der Waals surface area contributed by atoms with Gasteiger partial charge in [-0.15, -0.1) is 0 Å². The monoisotopic (exact) mass is 528 g/mol. The van der Waals surface area contributed by atoms with Crippen LogP contribution in [0.5, 0.6) is 5.75 Å². The molecule has 0 bridgehead atoms. The van der Waals surface area contributed by atoms with Crippen molar-refractivity contribution in [3.8, 4) is 5.75 Å². The van der Waals surface area contributed by atoms with Gasteiger partial charge in [0, 0.05) is 13.6 Å². The van der Waals surface area contributed by atoms with Crippen LogP contribution in [0, 0.1) is 0 Å². The molecule has 3 rings (SSSR count). The molecule has 1 unspecified atom stereocenters. The molecule has 35 heavy (non-hydrogen) atoms. The maximum absolute atomic E-state index is 13.2. The summed E-state index contributed by atoms with van der Waals surface area (Å²) in [5, 5.41) is 13.3. The fourth-order valence-electron chi connectivity index (χ4n) is 3.86. The first-order chi connectivity index (χ1) is 17.0. The molecule has 1 heterocycles. The summed E-state index contributed by atoms with van der Waals surface area (Å²) in [4.78, 5) is 26.3. The molecule has 0 radical (unpaired) electrons. The van der Waals surface area contributed by atoms with Gasteiger partial charge >= 0.3 is 0 Å². The summed E-state index contributed by atoms with van der Waals surface area (Å²) in [6.07, 6.45) is 2.59. The second-order valence-electron chi connectivity index (χ2n) is 8.06. The minimum atomic E-state index is -0.105. The van der Waals surface area contributed by atoms with Crippen LogP contribution >= 0.6 is 23.2 Å². The normalized spacial score (nSPS) is 14.7. The average Bonchev–Trinajstić information content (AvgIpc) is 3.38. The standard InChI is InChI=1S/C24H30Cl2N2O7/c1-27(24(29)16-18-5-10-21(25)22(26)15-18)23(17-28-11-3-4-12-28)19-6-8-20(9-7-19)31-13-14-32-34-35-33-30-2/h5-10,15,23H,3-4,11-14,16-17H2,1-2H3. The van der Waals surface area contributed by atoms with Gasteiger partial charge in [0.1, 0.15) is 19.0 Å². The van der Waals surface area contributed by atoms with Crippen LogP contribution < -0.4 is 4.74 Å². The quantitative estimate of drug-likeness (QED) is 0.200. The van der Waals surface area contributed by atoms with Gasteiger partial charge in [-0.1, -0.05) is 41.4 Å². The van der Waals surface area contributed by atoms with Crippen molar-refractivity contribution in [2.75, 3.05) is 47.0 Å². The van der Waals surface area contributed by atoms with Gasteiger partial charge in [0.2, 0.25) is 5.91 Å². The van der Waals surface area contributed by atoms with Gasteiger partial charge in [-0.2, -0.15) is 0 Å². The maximum atomic E-state index is 13.2. The molecule has 1 aliphatic heterocycles. The molecule has 0 saturated carbocycles. The molecule has 9 nitrogen and oxygen atoms in total. The van der Waals surface area contributed by atoms with Gasteiger partial charge in [-0.25, -0.2) is 9.78 Å². The molecule has 1 saturated heterocycles. The van der Waals surface area contributed by atoms with Crippen molar-refractivity contribution in [3.05, 3.63) is 63.6 Å². The highest BCUT2D eigenvalue weighted by molar-refractivity contribution is 6.42. The molecule has 0 aromatic heterocycles. The van der Waals surface area contributed by atoms with E-state index in [9.17, 15) is 4.79 Å². The number of amides is 1. The van der Waals surface area contributed by atoms with Gasteiger partial charge in [-0.3, -0.25) is 4.79 Å². The third kappa shape index (κ3) is 8.89. The number of nitrogens with zero attached hydrogens (tertiary/aromatic N) is 2. The summed E-state index contributed by atoms with van der Waals surface area (Å²) in [6, 6.07) is 12.9. The highest BCUT2D eigenvalue weighted by Gasteiger charge is 2.26. The molecule has 192 valence electrons. The summed E-state index contributed by atoms with van der Waals surface area (Å²) < 4.78 is 5.64. The number of likely N-dealkylation sites (N-methyl/N-ethyl adjacent to an activating group) is 1. The van der Waals surface area contributed by atoms with E-state index in [0.29, 0.717) is 15.8 Å². The van der Waals surface area contributed by atoms with Gasteiger partial charge in [0.15, 0.2) is 0 Å². The van der Waals surface area contributed by atoms with Crippen molar-refractivity contribution in [1.82, 2.24) is 9.80 Å². The number of hydrogen-bond donors (Lipinski definition) is 0.